The van der Waals surface area contributed by atoms with E-state index >= 15 is 0 Å². The average Bonchev–Trinajstić information content (AvgIpc) is 2.99. The van der Waals surface area contributed by atoms with Crippen LogP contribution in [0.1, 0.15) is 46.0 Å². The van der Waals surface area contributed by atoms with Gasteiger partial charge in [0, 0.05) is 13.1 Å². The highest BCUT2D eigenvalue weighted by Crippen LogP contribution is 2.34. The zero-order valence-corrected chi connectivity index (χ0v) is 14.6. The van der Waals surface area contributed by atoms with Gasteiger partial charge in [-0.15, -0.1) is 0 Å². The van der Waals surface area contributed by atoms with E-state index in [1.807, 2.05) is 0 Å². The van der Waals surface area contributed by atoms with Crippen LogP contribution in [0.25, 0.3) is 0 Å². The van der Waals surface area contributed by atoms with E-state index in [0.717, 1.165) is 32.1 Å². The number of sulfonamides is 1. The second-order valence-corrected chi connectivity index (χ2v) is 7.94. The summed E-state index contributed by atoms with van der Waals surface area (Å²) in [6.07, 6.45) is 6.05. The third-order valence-corrected chi connectivity index (χ3v) is 6.60. The summed E-state index contributed by atoms with van der Waals surface area (Å²) in [4.78, 5) is 10.1. The number of aryl methyl sites for hydroxylation is 1. The minimum atomic E-state index is -3.94. The van der Waals surface area contributed by atoms with E-state index in [1.54, 1.807) is 6.92 Å². The molecule has 2 rings (SSSR count). The fourth-order valence-electron chi connectivity index (χ4n) is 3.34. The van der Waals surface area contributed by atoms with Crippen molar-refractivity contribution in [2.75, 3.05) is 7.05 Å². The Balaban J connectivity index is 2.41. The number of hydrogen-bond donors (Lipinski definition) is 0. The summed E-state index contributed by atoms with van der Waals surface area (Å²) in [6, 6.07) is -0.108. The Morgan fingerprint density at radius 3 is 2.61 bits per heavy atom. The summed E-state index contributed by atoms with van der Waals surface area (Å²) in [5.41, 5.74) is 0. The fraction of sp³-hybridized carbons (Fsp3) is 0.786. The molecule has 1 aromatic heterocycles. The van der Waals surface area contributed by atoms with Gasteiger partial charge in [-0.3, -0.25) is 0 Å². The van der Waals surface area contributed by atoms with Crippen LogP contribution in [0.3, 0.4) is 0 Å². The molecule has 0 bridgehead atoms. The predicted molar refractivity (Wildman–Crippen MR) is 85.5 cm³/mol. The van der Waals surface area contributed by atoms with E-state index in [4.69, 9.17) is 0 Å². The van der Waals surface area contributed by atoms with Gasteiger partial charge in [0.15, 0.2) is 0 Å². The molecule has 0 aliphatic heterocycles. The number of rotatable bonds is 6. The van der Waals surface area contributed by atoms with Gasteiger partial charge in [-0.25, -0.2) is 8.42 Å². The molecule has 1 aliphatic carbocycles. The predicted octanol–water partition coefficient (Wildman–Crippen LogP) is 2.40. The fourth-order valence-corrected chi connectivity index (χ4v) is 4.88. The van der Waals surface area contributed by atoms with Crippen molar-refractivity contribution >= 4 is 15.8 Å². The molecular formula is C14H24N4O4S. The molecule has 0 saturated heterocycles. The van der Waals surface area contributed by atoms with Gasteiger partial charge in [-0.05, 0) is 30.6 Å². The van der Waals surface area contributed by atoms with E-state index in [-0.39, 0.29) is 10.9 Å². The first-order valence-corrected chi connectivity index (χ1v) is 9.46. The van der Waals surface area contributed by atoms with Gasteiger partial charge in [0.1, 0.15) is 0 Å². The molecule has 2 atom stereocenters. The topological polar surface area (TPSA) is 98.3 Å². The smallest absolute Gasteiger partial charge is 0.358 e. The van der Waals surface area contributed by atoms with Crippen molar-refractivity contribution in [2.24, 2.45) is 5.92 Å². The Hall–Kier alpha value is -1.48. The minimum Gasteiger partial charge on any atom is -0.358 e. The van der Waals surface area contributed by atoms with E-state index in [1.165, 1.54) is 22.2 Å². The zero-order chi connectivity index (χ0) is 17.2. The van der Waals surface area contributed by atoms with Crippen LogP contribution in [0.4, 0.5) is 5.82 Å². The van der Waals surface area contributed by atoms with Crippen molar-refractivity contribution in [2.45, 2.75) is 63.4 Å². The molecule has 0 N–H and O–H groups in total. The van der Waals surface area contributed by atoms with Gasteiger partial charge in [-0.1, -0.05) is 26.2 Å². The van der Waals surface area contributed by atoms with Gasteiger partial charge in [0.25, 0.3) is 10.0 Å². The van der Waals surface area contributed by atoms with Gasteiger partial charge >= 0.3 is 5.82 Å². The summed E-state index contributed by atoms with van der Waals surface area (Å²) in [6.45, 7) is 4.19. The average molecular weight is 344 g/mol. The van der Waals surface area contributed by atoms with Crippen molar-refractivity contribution in [3.63, 3.8) is 0 Å². The molecule has 0 radical (unpaired) electrons. The first kappa shape index (κ1) is 17.9. The Morgan fingerprint density at radius 1 is 1.39 bits per heavy atom. The highest BCUT2D eigenvalue weighted by Gasteiger charge is 2.39. The molecule has 0 amide bonds. The van der Waals surface area contributed by atoms with Crippen molar-refractivity contribution in [1.29, 1.82) is 0 Å². The van der Waals surface area contributed by atoms with Crippen LogP contribution < -0.4 is 0 Å². The Morgan fingerprint density at radius 2 is 2.04 bits per heavy atom. The third-order valence-electron chi connectivity index (χ3n) is 4.72. The van der Waals surface area contributed by atoms with Gasteiger partial charge in [-0.2, -0.15) is 8.99 Å². The minimum absolute atomic E-state index is 0.108. The lowest BCUT2D eigenvalue weighted by molar-refractivity contribution is -0.392. The molecular weight excluding hydrogens is 320 g/mol. The number of nitrogens with zero attached hydrogens (tertiary/aromatic N) is 4. The summed E-state index contributed by atoms with van der Waals surface area (Å²) in [5.74, 6) is -0.300. The van der Waals surface area contributed by atoms with Crippen LogP contribution >= 0.6 is 0 Å². The van der Waals surface area contributed by atoms with Gasteiger partial charge in [0.2, 0.25) is 4.90 Å². The van der Waals surface area contributed by atoms with Gasteiger partial charge in [0.05, 0.1) is 17.8 Å². The molecule has 0 spiro atoms. The Kier molecular flexibility index (Phi) is 5.41. The SMILES string of the molecule is CC[C@H]1CCCC[C@H]1N(C)S(=O)(=O)c1cn(CC)nc1[N+](=O)[O-]. The van der Waals surface area contributed by atoms with Crippen LogP contribution in [0.2, 0.25) is 0 Å². The monoisotopic (exact) mass is 344 g/mol. The molecule has 1 fully saturated rings. The molecule has 1 aliphatic rings. The van der Waals surface area contributed by atoms with Crippen molar-refractivity contribution < 1.29 is 13.3 Å². The largest absolute Gasteiger partial charge is 0.410 e. The Bertz CT molecular complexity index is 670. The third kappa shape index (κ3) is 3.40. The van der Waals surface area contributed by atoms with Crippen LogP contribution in [0.5, 0.6) is 0 Å². The van der Waals surface area contributed by atoms with E-state index in [9.17, 15) is 18.5 Å². The van der Waals surface area contributed by atoms with Crippen molar-refractivity contribution in [1.82, 2.24) is 14.1 Å². The lowest BCUT2D eigenvalue weighted by atomic mass is 9.83. The molecule has 130 valence electrons. The normalized spacial score (nSPS) is 22.4. The molecule has 1 saturated carbocycles. The van der Waals surface area contributed by atoms with Gasteiger partial charge < -0.3 is 10.1 Å². The molecule has 0 aromatic carbocycles. The molecule has 1 aromatic rings. The van der Waals surface area contributed by atoms with Crippen LogP contribution in [0, 0.1) is 16.0 Å². The molecule has 9 heteroatoms. The standard InChI is InChI=1S/C14H24N4O4S/c1-4-11-8-6-7-9-12(11)16(3)23(21,22)13-10-17(5-2)15-14(13)18(19)20/h10-12H,4-9H2,1-3H3/t11-,12+/m0/s1. The van der Waals surface area contributed by atoms with E-state index in [0.29, 0.717) is 12.5 Å². The summed E-state index contributed by atoms with van der Waals surface area (Å²) >= 11 is 0. The van der Waals surface area contributed by atoms with Crippen LogP contribution in [-0.2, 0) is 16.6 Å². The highest BCUT2D eigenvalue weighted by atomic mass is 32.2. The maximum Gasteiger partial charge on any atom is 0.410 e. The lowest BCUT2D eigenvalue weighted by Crippen LogP contribution is -2.43. The van der Waals surface area contributed by atoms with Crippen molar-refractivity contribution in [3.8, 4) is 0 Å². The Labute approximate surface area is 136 Å². The first-order chi connectivity index (χ1) is 10.8. The maximum atomic E-state index is 12.9. The maximum absolute atomic E-state index is 12.9. The number of nitro groups is 1. The van der Waals surface area contributed by atoms with E-state index in [2.05, 4.69) is 12.0 Å². The molecule has 0 unspecified atom stereocenters. The van der Waals surface area contributed by atoms with Crippen molar-refractivity contribution in [3.05, 3.63) is 16.3 Å². The number of aromatic nitrogens is 2. The summed E-state index contributed by atoms with van der Waals surface area (Å²) < 4.78 is 28.4. The molecule has 23 heavy (non-hydrogen) atoms. The van der Waals surface area contributed by atoms with E-state index < -0.39 is 20.8 Å². The van der Waals surface area contributed by atoms with Crippen LogP contribution in [-0.4, -0.2) is 40.5 Å². The first-order valence-electron chi connectivity index (χ1n) is 8.02. The second kappa shape index (κ2) is 6.96. The lowest BCUT2D eigenvalue weighted by Gasteiger charge is -2.36. The zero-order valence-electron chi connectivity index (χ0n) is 13.8. The molecule has 1 heterocycles. The quantitative estimate of drug-likeness (QED) is 0.583. The molecule has 8 nitrogen and oxygen atoms in total. The summed E-state index contributed by atoms with van der Waals surface area (Å²) in [5, 5.41) is 14.9. The number of hydrogen-bond acceptors (Lipinski definition) is 5. The van der Waals surface area contributed by atoms with Crippen LogP contribution in [0.15, 0.2) is 11.1 Å². The summed E-state index contributed by atoms with van der Waals surface area (Å²) in [7, 11) is -2.41. The highest BCUT2D eigenvalue weighted by molar-refractivity contribution is 7.89. The second-order valence-electron chi connectivity index (χ2n) is 5.97.